The lowest BCUT2D eigenvalue weighted by molar-refractivity contribution is -0.148. The van der Waals surface area contributed by atoms with Crippen molar-refractivity contribution in [2.24, 2.45) is 0 Å². The van der Waals surface area contributed by atoms with Gasteiger partial charge in [-0.15, -0.1) is 0 Å². The quantitative estimate of drug-likeness (QED) is 0.662. The van der Waals surface area contributed by atoms with Gasteiger partial charge in [-0.05, 0) is 54.2 Å². The first-order chi connectivity index (χ1) is 12.3. The van der Waals surface area contributed by atoms with Crippen LogP contribution in [0.3, 0.4) is 0 Å². The largest absolute Gasteiger partial charge is 0.381 e. The number of carbonyl (C=O) groups is 1. The predicted molar refractivity (Wildman–Crippen MR) is 96.1 cm³/mol. The van der Waals surface area contributed by atoms with Crippen molar-refractivity contribution in [2.75, 3.05) is 6.54 Å². The number of amides is 1. The lowest BCUT2D eigenvalue weighted by Crippen LogP contribution is -2.53. The van der Waals surface area contributed by atoms with Gasteiger partial charge in [-0.1, -0.05) is 12.1 Å². The molecule has 2 rings (SSSR count). The summed E-state index contributed by atoms with van der Waals surface area (Å²) >= 11 is 3.05. The molecule has 0 radical (unpaired) electrons. The normalized spacial score (nSPS) is 21.1. The Morgan fingerprint density at radius 1 is 1.44 bits per heavy atom. The molecule has 2 atom stereocenters. The first kappa shape index (κ1) is 22.1. The third-order valence-corrected chi connectivity index (χ3v) is 6.05. The van der Waals surface area contributed by atoms with E-state index in [0.29, 0.717) is 0 Å². The maximum atomic E-state index is 14.4. The van der Waals surface area contributed by atoms with Gasteiger partial charge in [0.25, 0.3) is 15.9 Å². The molecule has 1 heterocycles. The van der Waals surface area contributed by atoms with E-state index in [2.05, 4.69) is 15.9 Å². The summed E-state index contributed by atoms with van der Waals surface area (Å²) in [5, 5.41) is 10.0. The van der Waals surface area contributed by atoms with E-state index in [1.54, 1.807) is 6.07 Å². The smallest absolute Gasteiger partial charge is 0.350 e. The van der Waals surface area contributed by atoms with Gasteiger partial charge in [-0.25, -0.2) is 17.5 Å². The number of likely N-dealkylation sites (tertiary alicyclic amines) is 1. The van der Waals surface area contributed by atoms with E-state index >= 15 is 0 Å². The highest BCUT2D eigenvalue weighted by Gasteiger charge is 2.44. The monoisotopic (exact) mass is 472 g/mol. The van der Waals surface area contributed by atoms with E-state index in [9.17, 15) is 31.5 Å². The number of hydrogen-bond acceptors (Lipinski definition) is 4. The lowest BCUT2D eigenvalue weighted by Gasteiger charge is -2.32. The summed E-state index contributed by atoms with van der Waals surface area (Å²) in [6.07, 6.45) is -0.0441. The summed E-state index contributed by atoms with van der Waals surface area (Å²) < 4.78 is 65.1. The molecule has 0 aliphatic carbocycles. The Balaban J connectivity index is 2.37. The molecule has 1 fully saturated rings. The summed E-state index contributed by atoms with van der Waals surface area (Å²) in [4.78, 5) is 13.7. The van der Waals surface area contributed by atoms with Crippen LogP contribution in [0.25, 0.3) is 0 Å². The van der Waals surface area contributed by atoms with Crippen LogP contribution < -0.4 is 4.72 Å². The standard InChI is InChI=1S/C16H20BrF3N2O4S/c1-16(2,24)14(23)22-7-6-11(21-27(25,26)15(19)20)12(22)8-9-4-3-5-10(17)13(9)18/h3-5,11-12,15,21,24H,6-8H2,1-2H3/t11-,12-/m0/s1. The van der Waals surface area contributed by atoms with Crippen molar-refractivity contribution in [2.45, 2.75) is 50.1 Å². The molecule has 6 nitrogen and oxygen atoms in total. The molecular weight excluding hydrogens is 453 g/mol. The molecule has 1 aromatic carbocycles. The Morgan fingerprint density at radius 3 is 2.63 bits per heavy atom. The van der Waals surface area contributed by atoms with E-state index in [1.807, 2.05) is 4.72 Å². The number of carbonyl (C=O) groups excluding carboxylic acids is 1. The second-order valence-corrected chi connectivity index (χ2v) is 9.40. The Kier molecular flexibility index (Phi) is 6.60. The molecule has 11 heteroatoms. The second-order valence-electron chi connectivity index (χ2n) is 6.86. The van der Waals surface area contributed by atoms with Gasteiger partial charge in [0, 0.05) is 12.6 Å². The zero-order valence-electron chi connectivity index (χ0n) is 14.6. The molecule has 0 unspecified atom stereocenters. The molecule has 1 aromatic rings. The van der Waals surface area contributed by atoms with Gasteiger partial charge in [-0.2, -0.15) is 8.78 Å². The molecule has 2 N–H and O–H groups in total. The zero-order valence-corrected chi connectivity index (χ0v) is 17.0. The van der Waals surface area contributed by atoms with Gasteiger partial charge in [-0.3, -0.25) is 4.79 Å². The number of alkyl halides is 2. The highest BCUT2D eigenvalue weighted by Crippen LogP contribution is 2.28. The van der Waals surface area contributed by atoms with Crippen LogP contribution in [0.5, 0.6) is 0 Å². The molecule has 1 aliphatic rings. The first-order valence-electron chi connectivity index (χ1n) is 8.10. The third-order valence-electron chi connectivity index (χ3n) is 4.34. The predicted octanol–water partition coefficient (Wildman–Crippen LogP) is 2.01. The average Bonchev–Trinajstić information content (AvgIpc) is 2.91. The number of nitrogens with zero attached hydrogens (tertiary/aromatic N) is 1. The number of hydrogen-bond donors (Lipinski definition) is 2. The van der Waals surface area contributed by atoms with Crippen molar-refractivity contribution >= 4 is 31.9 Å². The number of benzene rings is 1. The molecule has 0 bridgehead atoms. The van der Waals surface area contributed by atoms with E-state index in [0.717, 1.165) is 0 Å². The highest BCUT2D eigenvalue weighted by molar-refractivity contribution is 9.10. The maximum absolute atomic E-state index is 14.4. The Hall–Kier alpha value is -1.17. The van der Waals surface area contributed by atoms with Gasteiger partial charge in [0.05, 0.1) is 10.5 Å². The zero-order chi connectivity index (χ0) is 20.6. The van der Waals surface area contributed by atoms with Gasteiger partial charge >= 0.3 is 5.76 Å². The summed E-state index contributed by atoms with van der Waals surface area (Å²) in [6, 6.07) is 2.54. The van der Waals surface area contributed by atoms with Crippen molar-refractivity contribution in [1.82, 2.24) is 9.62 Å². The topological polar surface area (TPSA) is 86.7 Å². The molecule has 0 saturated carbocycles. The minimum Gasteiger partial charge on any atom is -0.381 e. The van der Waals surface area contributed by atoms with Crippen LogP contribution in [-0.2, 0) is 21.2 Å². The summed E-state index contributed by atoms with van der Waals surface area (Å²) in [5.41, 5.74) is -1.56. The number of nitrogens with one attached hydrogen (secondary N) is 1. The molecule has 152 valence electrons. The minimum absolute atomic E-state index is 0.0412. The van der Waals surface area contributed by atoms with Crippen molar-refractivity contribution in [3.8, 4) is 0 Å². The number of aliphatic hydroxyl groups is 1. The third kappa shape index (κ3) is 5.01. The highest BCUT2D eigenvalue weighted by atomic mass is 79.9. The van der Waals surface area contributed by atoms with E-state index in [4.69, 9.17) is 0 Å². The fraction of sp³-hybridized carbons (Fsp3) is 0.562. The van der Waals surface area contributed by atoms with Crippen LogP contribution >= 0.6 is 15.9 Å². The SMILES string of the molecule is CC(C)(O)C(=O)N1CC[C@H](NS(=O)(=O)C(F)F)[C@@H]1Cc1cccc(Br)c1F. The van der Waals surface area contributed by atoms with E-state index in [1.165, 1.54) is 30.9 Å². The van der Waals surface area contributed by atoms with Crippen molar-refractivity contribution in [1.29, 1.82) is 0 Å². The molecule has 27 heavy (non-hydrogen) atoms. The van der Waals surface area contributed by atoms with Crippen LogP contribution in [0.2, 0.25) is 0 Å². The first-order valence-corrected chi connectivity index (χ1v) is 10.4. The fourth-order valence-corrected chi connectivity index (χ4v) is 4.25. The van der Waals surface area contributed by atoms with Crippen LogP contribution in [-0.4, -0.2) is 54.3 Å². The molecule has 0 aromatic heterocycles. The van der Waals surface area contributed by atoms with Crippen LogP contribution in [0, 0.1) is 5.82 Å². The minimum atomic E-state index is -4.90. The molecule has 0 spiro atoms. The number of halogens is 4. The van der Waals surface area contributed by atoms with Gasteiger partial charge in [0.2, 0.25) is 0 Å². The van der Waals surface area contributed by atoms with Crippen LogP contribution in [0.1, 0.15) is 25.8 Å². The average molecular weight is 473 g/mol. The molecule has 1 saturated heterocycles. The molecule has 1 aliphatic heterocycles. The number of sulfonamides is 1. The summed E-state index contributed by atoms with van der Waals surface area (Å²) in [5.74, 6) is -4.91. The Labute approximate surface area is 163 Å². The van der Waals surface area contributed by atoms with E-state index < -0.39 is 45.2 Å². The Morgan fingerprint density at radius 2 is 2.07 bits per heavy atom. The van der Waals surface area contributed by atoms with E-state index in [-0.39, 0.29) is 29.4 Å². The molecule has 1 amide bonds. The lowest BCUT2D eigenvalue weighted by atomic mass is 9.99. The van der Waals surface area contributed by atoms with Crippen molar-refractivity contribution < 1.29 is 31.5 Å². The number of rotatable bonds is 6. The van der Waals surface area contributed by atoms with Crippen LogP contribution in [0.4, 0.5) is 13.2 Å². The Bertz CT molecular complexity index is 814. The second kappa shape index (κ2) is 8.06. The van der Waals surface area contributed by atoms with Crippen molar-refractivity contribution in [3.63, 3.8) is 0 Å². The maximum Gasteiger partial charge on any atom is 0.350 e. The van der Waals surface area contributed by atoms with Crippen LogP contribution in [0.15, 0.2) is 22.7 Å². The summed E-state index contributed by atoms with van der Waals surface area (Å²) in [6.45, 7) is 2.57. The van der Waals surface area contributed by atoms with Crippen molar-refractivity contribution in [3.05, 3.63) is 34.1 Å². The molecular formula is C16H20BrF3N2O4S. The van der Waals surface area contributed by atoms with Gasteiger partial charge in [0.1, 0.15) is 11.4 Å². The van der Waals surface area contributed by atoms with Gasteiger partial charge in [0.15, 0.2) is 0 Å². The fourth-order valence-electron chi connectivity index (χ4n) is 3.04. The van der Waals surface area contributed by atoms with Gasteiger partial charge < -0.3 is 10.0 Å². The summed E-state index contributed by atoms with van der Waals surface area (Å²) in [7, 11) is -4.90.